The molecule has 0 bridgehead atoms. The smallest absolute Gasteiger partial charge is 0.280 e. The van der Waals surface area contributed by atoms with Crippen LogP contribution in [0.4, 0.5) is 4.39 Å². The molecule has 8 nitrogen and oxygen atoms in total. The summed E-state index contributed by atoms with van der Waals surface area (Å²) >= 11 is 7.03. The van der Waals surface area contributed by atoms with Crippen molar-refractivity contribution in [3.8, 4) is 11.4 Å². The van der Waals surface area contributed by atoms with Crippen molar-refractivity contribution >= 4 is 39.9 Å². The van der Waals surface area contributed by atoms with E-state index >= 15 is 0 Å². The summed E-state index contributed by atoms with van der Waals surface area (Å²) in [4.78, 5) is 30.0. The predicted octanol–water partition coefficient (Wildman–Crippen LogP) is 4.83. The summed E-state index contributed by atoms with van der Waals surface area (Å²) in [5.74, 6) is 0.252. The van der Waals surface area contributed by atoms with Gasteiger partial charge in [0, 0.05) is 6.42 Å². The summed E-state index contributed by atoms with van der Waals surface area (Å²) < 4.78 is 16.3. The fourth-order valence-electron chi connectivity index (χ4n) is 4.80. The molecule has 1 aliphatic rings. The van der Waals surface area contributed by atoms with Crippen LogP contribution in [0.15, 0.2) is 36.7 Å². The van der Waals surface area contributed by atoms with Crippen molar-refractivity contribution in [2.24, 2.45) is 5.92 Å². The van der Waals surface area contributed by atoms with Gasteiger partial charge in [0.2, 0.25) is 5.95 Å². The Labute approximate surface area is 216 Å². The van der Waals surface area contributed by atoms with Gasteiger partial charge >= 0.3 is 0 Å². The molecule has 1 saturated carbocycles. The molecule has 2 N–H and O–H groups in total. The number of halogens is 2. The van der Waals surface area contributed by atoms with Crippen LogP contribution in [0.25, 0.3) is 22.4 Å². The van der Waals surface area contributed by atoms with Crippen LogP contribution in [0.3, 0.4) is 0 Å². The standard InChI is InChI=1S/C25H26ClFN6O2S/c1-13(2)9-22-31-17-11-28-16(14-5-4-8-21(27)30-14)10-19(17)33(22)18-7-3-6-15(23(18)34)32-24(35)25-29-12-20(26)36-25/h4-5,8,10-13,15,18,23,34H,3,6-7,9H2,1-2H3,(H,32,35)/t15-,18+,23+/m0/s1. The normalized spacial score (nSPS) is 20.2. The fourth-order valence-corrected chi connectivity index (χ4v) is 5.62. The molecule has 0 aromatic carbocycles. The van der Waals surface area contributed by atoms with Crippen LogP contribution in [0.5, 0.6) is 0 Å². The molecule has 5 rings (SSSR count). The quantitative estimate of drug-likeness (QED) is 0.347. The maximum absolute atomic E-state index is 13.8. The van der Waals surface area contributed by atoms with E-state index in [0.29, 0.717) is 40.0 Å². The van der Waals surface area contributed by atoms with Crippen molar-refractivity contribution in [1.82, 2.24) is 29.8 Å². The van der Waals surface area contributed by atoms with Gasteiger partial charge in [0.15, 0.2) is 5.01 Å². The average Bonchev–Trinajstić information content (AvgIpc) is 3.43. The third-order valence-electron chi connectivity index (χ3n) is 6.36. The number of rotatable bonds is 6. The molecule has 1 amide bonds. The molecule has 4 aromatic rings. The third-order valence-corrected chi connectivity index (χ3v) is 7.47. The van der Waals surface area contributed by atoms with E-state index in [2.05, 4.69) is 38.7 Å². The zero-order valence-corrected chi connectivity index (χ0v) is 21.4. The van der Waals surface area contributed by atoms with Gasteiger partial charge in [0.05, 0.1) is 47.5 Å². The molecule has 3 atom stereocenters. The number of nitrogens with one attached hydrogen (secondary N) is 1. The van der Waals surface area contributed by atoms with Gasteiger partial charge in [-0.15, -0.1) is 0 Å². The monoisotopic (exact) mass is 528 g/mol. The number of aliphatic hydroxyl groups is 1. The number of pyridine rings is 2. The van der Waals surface area contributed by atoms with Crippen molar-refractivity contribution in [3.05, 3.63) is 57.8 Å². The van der Waals surface area contributed by atoms with Gasteiger partial charge in [-0.1, -0.05) is 42.9 Å². The molecule has 0 unspecified atom stereocenters. The lowest BCUT2D eigenvalue weighted by molar-refractivity contribution is 0.0402. The minimum Gasteiger partial charge on any atom is -0.389 e. The summed E-state index contributed by atoms with van der Waals surface area (Å²) in [6.45, 7) is 4.23. The number of thiazole rings is 1. The number of carbonyl (C=O) groups is 1. The summed E-state index contributed by atoms with van der Waals surface area (Å²) in [5, 5.41) is 14.7. The summed E-state index contributed by atoms with van der Waals surface area (Å²) in [5.41, 5.74) is 2.44. The lowest BCUT2D eigenvalue weighted by Crippen LogP contribution is -2.49. The minimum absolute atomic E-state index is 0.265. The van der Waals surface area contributed by atoms with Gasteiger partial charge in [0.25, 0.3) is 5.91 Å². The molecule has 4 aromatic heterocycles. The van der Waals surface area contributed by atoms with Gasteiger partial charge in [-0.05, 0) is 43.4 Å². The zero-order chi connectivity index (χ0) is 25.4. The van der Waals surface area contributed by atoms with Crippen molar-refractivity contribution < 1.29 is 14.3 Å². The second kappa shape index (κ2) is 10.2. The third kappa shape index (κ3) is 4.98. The van der Waals surface area contributed by atoms with Gasteiger partial charge in [-0.25, -0.2) is 15.0 Å². The molecule has 4 heterocycles. The maximum Gasteiger partial charge on any atom is 0.280 e. The van der Waals surface area contributed by atoms with E-state index in [1.54, 1.807) is 18.3 Å². The van der Waals surface area contributed by atoms with Crippen molar-refractivity contribution in [3.63, 3.8) is 0 Å². The predicted molar refractivity (Wildman–Crippen MR) is 137 cm³/mol. The highest BCUT2D eigenvalue weighted by Gasteiger charge is 2.36. The first kappa shape index (κ1) is 24.7. The van der Waals surface area contributed by atoms with E-state index < -0.39 is 18.1 Å². The number of carbonyl (C=O) groups excluding carboxylic acids is 1. The van der Waals surface area contributed by atoms with E-state index in [-0.39, 0.29) is 17.0 Å². The Morgan fingerprint density at radius 3 is 2.81 bits per heavy atom. The van der Waals surface area contributed by atoms with E-state index in [9.17, 15) is 14.3 Å². The van der Waals surface area contributed by atoms with E-state index in [4.69, 9.17) is 16.6 Å². The Kier molecular flexibility index (Phi) is 7.00. The fraction of sp³-hybridized carbons (Fsp3) is 0.400. The van der Waals surface area contributed by atoms with Crippen LogP contribution < -0.4 is 5.32 Å². The van der Waals surface area contributed by atoms with E-state index in [0.717, 1.165) is 35.5 Å². The Morgan fingerprint density at radius 2 is 2.08 bits per heavy atom. The van der Waals surface area contributed by atoms with E-state index in [1.807, 2.05) is 6.07 Å². The van der Waals surface area contributed by atoms with Crippen molar-refractivity contribution in [1.29, 1.82) is 0 Å². The van der Waals surface area contributed by atoms with Crippen molar-refractivity contribution in [2.75, 3.05) is 0 Å². The first-order valence-electron chi connectivity index (χ1n) is 11.9. The van der Waals surface area contributed by atoms with E-state index in [1.165, 1.54) is 12.3 Å². The van der Waals surface area contributed by atoms with Gasteiger partial charge < -0.3 is 15.0 Å². The number of fused-ring (bicyclic) bond motifs is 1. The largest absolute Gasteiger partial charge is 0.389 e. The lowest BCUT2D eigenvalue weighted by atomic mass is 9.87. The summed E-state index contributed by atoms with van der Waals surface area (Å²) in [7, 11) is 0. The molecule has 1 fully saturated rings. The molecule has 0 spiro atoms. The Hall–Kier alpha value is -2.95. The van der Waals surface area contributed by atoms with Crippen LogP contribution in [0.2, 0.25) is 4.34 Å². The number of hydrogen-bond acceptors (Lipinski definition) is 7. The summed E-state index contributed by atoms with van der Waals surface area (Å²) in [6.07, 6.45) is 5.16. The van der Waals surface area contributed by atoms with Crippen molar-refractivity contribution in [2.45, 2.75) is 57.7 Å². The maximum atomic E-state index is 13.8. The molecule has 36 heavy (non-hydrogen) atoms. The minimum atomic E-state index is -0.842. The molecule has 0 aliphatic heterocycles. The molecule has 0 radical (unpaired) electrons. The Bertz CT molecular complexity index is 1410. The Morgan fingerprint density at radius 1 is 1.25 bits per heavy atom. The average molecular weight is 529 g/mol. The SMILES string of the molecule is CC(C)Cc1nc2cnc(-c3cccc(F)n3)cc2n1[C@@H]1CCC[C@H](NC(=O)c2ncc(Cl)s2)[C@H]1O. The molecular formula is C25H26ClFN6O2S. The van der Waals surface area contributed by atoms with Crippen LogP contribution in [-0.4, -0.2) is 47.7 Å². The number of aromatic nitrogens is 5. The number of amides is 1. The summed E-state index contributed by atoms with van der Waals surface area (Å²) in [6, 6.07) is 5.69. The van der Waals surface area contributed by atoms with Gasteiger partial charge in [0.1, 0.15) is 15.7 Å². The first-order valence-corrected chi connectivity index (χ1v) is 13.1. The van der Waals surface area contributed by atoms with Crippen LogP contribution in [0.1, 0.15) is 54.8 Å². The second-order valence-corrected chi connectivity index (χ2v) is 11.1. The van der Waals surface area contributed by atoms with Gasteiger partial charge in [-0.2, -0.15) is 4.39 Å². The Balaban J connectivity index is 1.52. The highest BCUT2D eigenvalue weighted by atomic mass is 35.5. The number of nitrogens with zero attached hydrogens (tertiary/aromatic N) is 5. The molecule has 0 saturated heterocycles. The highest BCUT2D eigenvalue weighted by molar-refractivity contribution is 7.17. The second-order valence-electron chi connectivity index (χ2n) is 9.44. The lowest BCUT2D eigenvalue weighted by Gasteiger charge is -2.37. The van der Waals surface area contributed by atoms with Gasteiger partial charge in [-0.3, -0.25) is 9.78 Å². The molecule has 1 aliphatic carbocycles. The highest BCUT2D eigenvalue weighted by Crippen LogP contribution is 2.35. The molecule has 11 heteroatoms. The topological polar surface area (TPSA) is 106 Å². The number of aliphatic hydroxyl groups excluding tert-OH is 1. The van der Waals surface area contributed by atoms with Crippen LogP contribution in [0, 0.1) is 11.9 Å². The molecule has 188 valence electrons. The number of hydrogen-bond donors (Lipinski definition) is 2. The molecular weight excluding hydrogens is 503 g/mol. The van der Waals surface area contributed by atoms with Crippen LogP contribution in [-0.2, 0) is 6.42 Å². The van der Waals surface area contributed by atoms with Crippen LogP contribution >= 0.6 is 22.9 Å². The first-order chi connectivity index (χ1) is 17.3. The number of imidazole rings is 1. The zero-order valence-electron chi connectivity index (χ0n) is 19.9.